The van der Waals surface area contributed by atoms with Crippen molar-refractivity contribution < 1.29 is 15.0 Å². The van der Waals surface area contributed by atoms with Gasteiger partial charge in [-0.05, 0) is 19.1 Å². The maximum atomic E-state index is 10.8. The number of carboxylic acid groups (broad SMARTS) is 1. The lowest BCUT2D eigenvalue weighted by Crippen LogP contribution is -2.17. The van der Waals surface area contributed by atoms with Crippen LogP contribution in [0.15, 0.2) is 24.3 Å². The summed E-state index contributed by atoms with van der Waals surface area (Å²) in [5.41, 5.74) is 0.744. The molecule has 0 bridgehead atoms. The number of aliphatic hydroxyl groups excluding tert-OH is 1. The molecule has 0 aliphatic heterocycles. The molecule has 1 aromatic carbocycles. The van der Waals surface area contributed by atoms with E-state index in [0.717, 1.165) is 0 Å². The molecular formula is C10H13NO3. The van der Waals surface area contributed by atoms with Crippen LogP contribution in [0, 0.1) is 0 Å². The van der Waals surface area contributed by atoms with Crippen molar-refractivity contribution in [3.63, 3.8) is 0 Å². The molecule has 0 aliphatic carbocycles. The van der Waals surface area contributed by atoms with Gasteiger partial charge in [-0.15, -0.1) is 0 Å². The van der Waals surface area contributed by atoms with E-state index < -0.39 is 12.1 Å². The monoisotopic (exact) mass is 195 g/mol. The van der Waals surface area contributed by atoms with Gasteiger partial charge in [0.05, 0.1) is 11.7 Å². The van der Waals surface area contributed by atoms with Gasteiger partial charge in [0.25, 0.3) is 0 Å². The van der Waals surface area contributed by atoms with Crippen molar-refractivity contribution in [2.75, 3.05) is 11.9 Å². The molecule has 0 heterocycles. The Morgan fingerprint density at radius 2 is 2.14 bits per heavy atom. The van der Waals surface area contributed by atoms with Crippen LogP contribution in [-0.4, -0.2) is 28.8 Å². The average molecular weight is 195 g/mol. The minimum absolute atomic E-state index is 0.216. The molecule has 4 nitrogen and oxygen atoms in total. The zero-order valence-electron chi connectivity index (χ0n) is 7.90. The van der Waals surface area contributed by atoms with E-state index in [2.05, 4.69) is 5.32 Å². The van der Waals surface area contributed by atoms with Crippen LogP contribution in [0.5, 0.6) is 0 Å². The Bertz CT molecular complexity index is 323. The third kappa shape index (κ3) is 2.74. The van der Waals surface area contributed by atoms with Gasteiger partial charge < -0.3 is 15.5 Å². The summed E-state index contributed by atoms with van der Waals surface area (Å²) in [4.78, 5) is 10.8. The normalized spacial score (nSPS) is 12.1. The number of carboxylic acids is 1. The standard InChI is InChI=1S/C10H13NO3/c1-7(12)6-11-9-5-3-2-4-8(9)10(13)14/h2-5,7,11-12H,6H2,1H3,(H,13,14). The van der Waals surface area contributed by atoms with Crippen LogP contribution in [0.3, 0.4) is 0 Å². The van der Waals surface area contributed by atoms with Crippen molar-refractivity contribution >= 4 is 11.7 Å². The molecule has 0 spiro atoms. The van der Waals surface area contributed by atoms with Gasteiger partial charge in [0.2, 0.25) is 0 Å². The quantitative estimate of drug-likeness (QED) is 0.674. The number of hydrogen-bond donors (Lipinski definition) is 3. The number of benzene rings is 1. The molecule has 0 saturated carbocycles. The summed E-state index contributed by atoms with van der Waals surface area (Å²) >= 11 is 0. The Morgan fingerprint density at radius 1 is 1.50 bits per heavy atom. The average Bonchev–Trinajstić information content (AvgIpc) is 2.15. The van der Waals surface area contributed by atoms with Crippen LogP contribution in [0.1, 0.15) is 17.3 Å². The van der Waals surface area contributed by atoms with E-state index in [1.165, 1.54) is 6.07 Å². The first-order chi connectivity index (χ1) is 6.61. The minimum Gasteiger partial charge on any atom is -0.478 e. The number of aromatic carboxylic acids is 1. The number of aliphatic hydroxyl groups is 1. The van der Waals surface area contributed by atoms with Crippen LogP contribution >= 0.6 is 0 Å². The molecule has 0 saturated heterocycles. The van der Waals surface area contributed by atoms with Gasteiger partial charge in [0.1, 0.15) is 0 Å². The van der Waals surface area contributed by atoms with E-state index >= 15 is 0 Å². The van der Waals surface area contributed by atoms with Crippen molar-refractivity contribution in [3.8, 4) is 0 Å². The number of anilines is 1. The summed E-state index contributed by atoms with van der Waals surface area (Å²) in [5.74, 6) is -0.973. The van der Waals surface area contributed by atoms with Crippen molar-refractivity contribution in [1.82, 2.24) is 0 Å². The SMILES string of the molecule is CC(O)CNc1ccccc1C(=O)O. The lowest BCUT2D eigenvalue weighted by molar-refractivity contribution is 0.0697. The summed E-state index contributed by atoms with van der Waals surface area (Å²) in [6.45, 7) is 1.97. The zero-order chi connectivity index (χ0) is 10.6. The number of rotatable bonds is 4. The van der Waals surface area contributed by atoms with Gasteiger partial charge >= 0.3 is 5.97 Å². The summed E-state index contributed by atoms with van der Waals surface area (Å²) < 4.78 is 0. The first-order valence-corrected chi connectivity index (χ1v) is 4.35. The second-order valence-corrected chi connectivity index (χ2v) is 3.08. The predicted octanol–water partition coefficient (Wildman–Crippen LogP) is 1.18. The maximum Gasteiger partial charge on any atom is 0.337 e. The van der Waals surface area contributed by atoms with Gasteiger partial charge in [-0.2, -0.15) is 0 Å². The second kappa shape index (κ2) is 4.62. The first kappa shape index (κ1) is 10.5. The van der Waals surface area contributed by atoms with E-state index in [4.69, 9.17) is 10.2 Å². The molecule has 0 amide bonds. The van der Waals surface area contributed by atoms with Crippen molar-refractivity contribution in [1.29, 1.82) is 0 Å². The largest absolute Gasteiger partial charge is 0.478 e. The number of para-hydroxylation sites is 1. The minimum atomic E-state index is -0.973. The molecule has 1 atom stereocenters. The first-order valence-electron chi connectivity index (χ1n) is 4.35. The van der Waals surface area contributed by atoms with Crippen LogP contribution in [-0.2, 0) is 0 Å². The topological polar surface area (TPSA) is 69.6 Å². The fraction of sp³-hybridized carbons (Fsp3) is 0.300. The van der Waals surface area contributed by atoms with Crippen LogP contribution in [0.2, 0.25) is 0 Å². The highest BCUT2D eigenvalue weighted by atomic mass is 16.4. The van der Waals surface area contributed by atoms with Gasteiger partial charge in [0.15, 0.2) is 0 Å². The van der Waals surface area contributed by atoms with Crippen LogP contribution in [0.4, 0.5) is 5.69 Å². The Morgan fingerprint density at radius 3 is 2.71 bits per heavy atom. The number of hydrogen-bond acceptors (Lipinski definition) is 3. The van der Waals surface area contributed by atoms with E-state index in [1.54, 1.807) is 25.1 Å². The number of nitrogens with one attached hydrogen (secondary N) is 1. The Kier molecular flexibility index (Phi) is 3.48. The molecule has 0 fully saturated rings. The maximum absolute atomic E-state index is 10.8. The number of carbonyl (C=O) groups is 1. The summed E-state index contributed by atoms with van der Waals surface area (Å²) in [6, 6.07) is 6.60. The summed E-state index contributed by atoms with van der Waals surface area (Å²) in [6.07, 6.45) is -0.503. The van der Waals surface area contributed by atoms with Crippen molar-refractivity contribution in [2.24, 2.45) is 0 Å². The highest BCUT2D eigenvalue weighted by molar-refractivity contribution is 5.94. The Labute approximate surface area is 82.2 Å². The molecule has 4 heteroatoms. The third-order valence-electron chi connectivity index (χ3n) is 1.75. The van der Waals surface area contributed by atoms with Gasteiger partial charge in [-0.1, -0.05) is 12.1 Å². The van der Waals surface area contributed by atoms with E-state index in [0.29, 0.717) is 12.2 Å². The molecule has 0 aromatic heterocycles. The fourth-order valence-corrected chi connectivity index (χ4v) is 1.08. The lowest BCUT2D eigenvalue weighted by Gasteiger charge is -2.10. The fourth-order valence-electron chi connectivity index (χ4n) is 1.08. The van der Waals surface area contributed by atoms with Crippen molar-refractivity contribution in [2.45, 2.75) is 13.0 Å². The lowest BCUT2D eigenvalue weighted by atomic mass is 10.2. The van der Waals surface area contributed by atoms with Gasteiger partial charge in [-0.3, -0.25) is 0 Å². The molecule has 1 aromatic rings. The molecule has 0 aliphatic rings. The molecule has 0 radical (unpaired) electrons. The smallest absolute Gasteiger partial charge is 0.337 e. The molecule has 1 unspecified atom stereocenters. The zero-order valence-corrected chi connectivity index (χ0v) is 7.90. The van der Waals surface area contributed by atoms with E-state index in [1.807, 2.05) is 0 Å². The Balaban J connectivity index is 2.79. The third-order valence-corrected chi connectivity index (χ3v) is 1.75. The summed E-state index contributed by atoms with van der Waals surface area (Å²) in [7, 11) is 0. The predicted molar refractivity (Wildman–Crippen MR) is 53.6 cm³/mol. The molecule has 14 heavy (non-hydrogen) atoms. The highest BCUT2D eigenvalue weighted by Gasteiger charge is 2.08. The van der Waals surface area contributed by atoms with Gasteiger partial charge in [-0.25, -0.2) is 4.79 Å². The van der Waals surface area contributed by atoms with Crippen LogP contribution in [0.25, 0.3) is 0 Å². The molecule has 3 N–H and O–H groups in total. The highest BCUT2D eigenvalue weighted by Crippen LogP contribution is 2.14. The van der Waals surface area contributed by atoms with E-state index in [-0.39, 0.29) is 5.56 Å². The Hall–Kier alpha value is -1.55. The van der Waals surface area contributed by atoms with Gasteiger partial charge in [0, 0.05) is 12.2 Å². The molecule has 76 valence electrons. The summed E-state index contributed by atoms with van der Waals surface area (Å²) in [5, 5.41) is 20.7. The molecule has 1 rings (SSSR count). The second-order valence-electron chi connectivity index (χ2n) is 3.08. The van der Waals surface area contributed by atoms with Crippen LogP contribution < -0.4 is 5.32 Å². The molecular weight excluding hydrogens is 182 g/mol. The van der Waals surface area contributed by atoms with E-state index in [9.17, 15) is 4.79 Å². The van der Waals surface area contributed by atoms with Crippen molar-refractivity contribution in [3.05, 3.63) is 29.8 Å².